The highest BCUT2D eigenvalue weighted by atomic mass is 16.4. The zero-order valence-electron chi connectivity index (χ0n) is 12.4. The van der Waals surface area contributed by atoms with Gasteiger partial charge in [0.05, 0.1) is 5.92 Å². The minimum atomic E-state index is -0.705. The van der Waals surface area contributed by atoms with Gasteiger partial charge in [0, 0.05) is 32.1 Å². The molecule has 1 amide bonds. The summed E-state index contributed by atoms with van der Waals surface area (Å²) in [5.74, 6) is -0.627. The van der Waals surface area contributed by atoms with Crippen LogP contribution in [0, 0.1) is 11.8 Å². The second kappa shape index (κ2) is 7.07. The number of carbonyl (C=O) groups excluding carboxylic acids is 1. The summed E-state index contributed by atoms with van der Waals surface area (Å²) in [4.78, 5) is 27.8. The van der Waals surface area contributed by atoms with Gasteiger partial charge in [-0.15, -0.1) is 0 Å². The molecule has 0 atom stereocenters. The van der Waals surface area contributed by atoms with E-state index in [0.717, 1.165) is 52.0 Å². The quantitative estimate of drug-likeness (QED) is 0.847. The molecular weight excluding hydrogens is 256 g/mol. The third kappa shape index (κ3) is 3.72. The van der Waals surface area contributed by atoms with Gasteiger partial charge in [0.1, 0.15) is 0 Å². The number of carboxylic acids is 1. The Morgan fingerprint density at radius 3 is 2.05 bits per heavy atom. The van der Waals surface area contributed by atoms with Crippen molar-refractivity contribution in [2.45, 2.75) is 39.0 Å². The van der Waals surface area contributed by atoms with Crippen LogP contribution in [0.5, 0.6) is 0 Å². The summed E-state index contributed by atoms with van der Waals surface area (Å²) in [5.41, 5.74) is 0. The van der Waals surface area contributed by atoms with Crippen LogP contribution in [-0.4, -0.2) is 59.5 Å². The fraction of sp³-hybridized carbons (Fsp3) is 0.867. The molecule has 1 heterocycles. The zero-order chi connectivity index (χ0) is 14.5. The van der Waals surface area contributed by atoms with E-state index in [4.69, 9.17) is 5.11 Å². The highest BCUT2D eigenvalue weighted by molar-refractivity contribution is 5.79. The predicted molar refractivity (Wildman–Crippen MR) is 76.4 cm³/mol. The number of nitrogens with zero attached hydrogens (tertiary/aromatic N) is 2. The molecular formula is C15H26N2O3. The molecule has 20 heavy (non-hydrogen) atoms. The van der Waals surface area contributed by atoms with Crippen molar-refractivity contribution in [1.29, 1.82) is 0 Å². The molecule has 2 aliphatic rings. The van der Waals surface area contributed by atoms with E-state index < -0.39 is 5.97 Å². The maximum Gasteiger partial charge on any atom is 0.306 e. The molecule has 1 aliphatic carbocycles. The van der Waals surface area contributed by atoms with Crippen LogP contribution in [0.3, 0.4) is 0 Å². The zero-order valence-corrected chi connectivity index (χ0v) is 12.4. The first-order valence-corrected chi connectivity index (χ1v) is 7.85. The highest BCUT2D eigenvalue weighted by Gasteiger charge is 2.32. The van der Waals surface area contributed by atoms with Crippen molar-refractivity contribution in [1.82, 2.24) is 9.80 Å². The van der Waals surface area contributed by atoms with Gasteiger partial charge in [-0.3, -0.25) is 14.5 Å². The van der Waals surface area contributed by atoms with Crippen LogP contribution in [0.25, 0.3) is 0 Å². The molecule has 2 fully saturated rings. The Hall–Kier alpha value is -1.10. The lowest BCUT2D eigenvalue weighted by Crippen LogP contribution is -2.50. The van der Waals surface area contributed by atoms with Crippen molar-refractivity contribution in [3.05, 3.63) is 0 Å². The minimum Gasteiger partial charge on any atom is -0.481 e. The van der Waals surface area contributed by atoms with Crippen LogP contribution in [0.2, 0.25) is 0 Å². The van der Waals surface area contributed by atoms with Crippen molar-refractivity contribution in [3.8, 4) is 0 Å². The Labute approximate surface area is 120 Å². The number of rotatable bonds is 4. The molecule has 1 saturated carbocycles. The monoisotopic (exact) mass is 282 g/mol. The summed E-state index contributed by atoms with van der Waals surface area (Å²) < 4.78 is 0. The predicted octanol–water partition coefficient (Wildman–Crippen LogP) is 1.43. The summed E-state index contributed by atoms with van der Waals surface area (Å²) >= 11 is 0. The molecule has 1 aliphatic heterocycles. The van der Waals surface area contributed by atoms with Crippen molar-refractivity contribution in [3.63, 3.8) is 0 Å². The van der Waals surface area contributed by atoms with E-state index in [2.05, 4.69) is 11.8 Å². The van der Waals surface area contributed by atoms with E-state index in [1.165, 1.54) is 0 Å². The van der Waals surface area contributed by atoms with Crippen molar-refractivity contribution >= 4 is 11.9 Å². The number of carbonyl (C=O) groups is 2. The van der Waals surface area contributed by atoms with Crippen LogP contribution in [0.15, 0.2) is 0 Å². The van der Waals surface area contributed by atoms with Gasteiger partial charge in [0.25, 0.3) is 0 Å². The summed E-state index contributed by atoms with van der Waals surface area (Å²) in [6.45, 7) is 6.91. The lowest BCUT2D eigenvalue weighted by molar-refractivity contribution is -0.146. The topological polar surface area (TPSA) is 60.9 Å². The highest BCUT2D eigenvalue weighted by Crippen LogP contribution is 2.30. The molecule has 0 radical (unpaired) electrons. The third-order valence-electron chi connectivity index (χ3n) is 4.65. The second-order valence-corrected chi connectivity index (χ2v) is 6.05. The number of carboxylic acid groups (broad SMARTS) is 1. The van der Waals surface area contributed by atoms with Gasteiger partial charge in [0.2, 0.25) is 5.91 Å². The Bertz CT molecular complexity index is 343. The van der Waals surface area contributed by atoms with Gasteiger partial charge >= 0.3 is 5.97 Å². The smallest absolute Gasteiger partial charge is 0.306 e. The average Bonchev–Trinajstić information content (AvgIpc) is 2.48. The lowest BCUT2D eigenvalue weighted by atomic mass is 9.81. The Balaban J connectivity index is 1.77. The van der Waals surface area contributed by atoms with Gasteiger partial charge in [0.15, 0.2) is 0 Å². The van der Waals surface area contributed by atoms with Crippen LogP contribution < -0.4 is 0 Å². The largest absolute Gasteiger partial charge is 0.481 e. The van der Waals surface area contributed by atoms with Gasteiger partial charge < -0.3 is 10.0 Å². The first-order chi connectivity index (χ1) is 9.61. The van der Waals surface area contributed by atoms with Gasteiger partial charge in [-0.05, 0) is 38.6 Å². The maximum atomic E-state index is 12.5. The van der Waals surface area contributed by atoms with E-state index >= 15 is 0 Å². The van der Waals surface area contributed by atoms with Crippen LogP contribution in [0.4, 0.5) is 0 Å². The molecule has 0 unspecified atom stereocenters. The summed E-state index contributed by atoms with van der Waals surface area (Å²) in [6.07, 6.45) is 3.95. The molecule has 0 aromatic heterocycles. The normalized spacial score (nSPS) is 28.4. The molecule has 5 heteroatoms. The lowest BCUT2D eigenvalue weighted by Gasteiger charge is -2.37. The first-order valence-electron chi connectivity index (χ1n) is 7.85. The first kappa shape index (κ1) is 15.3. The summed E-state index contributed by atoms with van der Waals surface area (Å²) in [7, 11) is 0. The summed E-state index contributed by atoms with van der Waals surface area (Å²) in [6, 6.07) is 0. The van der Waals surface area contributed by atoms with Crippen molar-refractivity contribution < 1.29 is 14.7 Å². The van der Waals surface area contributed by atoms with E-state index in [1.54, 1.807) is 0 Å². The van der Waals surface area contributed by atoms with Crippen LogP contribution in [0.1, 0.15) is 39.0 Å². The molecule has 0 aromatic rings. The van der Waals surface area contributed by atoms with E-state index in [-0.39, 0.29) is 17.7 Å². The Morgan fingerprint density at radius 1 is 1.00 bits per heavy atom. The fourth-order valence-electron chi connectivity index (χ4n) is 3.35. The fourth-order valence-corrected chi connectivity index (χ4v) is 3.35. The molecule has 1 N–H and O–H groups in total. The number of piperazine rings is 1. The van der Waals surface area contributed by atoms with Crippen molar-refractivity contribution in [2.24, 2.45) is 11.8 Å². The number of hydrogen-bond donors (Lipinski definition) is 1. The molecule has 2 rings (SSSR count). The number of aliphatic carboxylic acids is 1. The number of hydrogen-bond acceptors (Lipinski definition) is 3. The average molecular weight is 282 g/mol. The summed E-state index contributed by atoms with van der Waals surface area (Å²) in [5, 5.41) is 8.99. The molecule has 114 valence electrons. The number of amides is 1. The molecule has 0 spiro atoms. The Kier molecular flexibility index (Phi) is 5.40. The van der Waals surface area contributed by atoms with E-state index in [9.17, 15) is 9.59 Å². The minimum absolute atomic E-state index is 0.0586. The molecule has 0 aromatic carbocycles. The van der Waals surface area contributed by atoms with Gasteiger partial charge in [-0.2, -0.15) is 0 Å². The van der Waals surface area contributed by atoms with Gasteiger partial charge in [-0.1, -0.05) is 6.92 Å². The maximum absolute atomic E-state index is 12.5. The Morgan fingerprint density at radius 2 is 1.55 bits per heavy atom. The van der Waals surface area contributed by atoms with Crippen LogP contribution in [-0.2, 0) is 9.59 Å². The van der Waals surface area contributed by atoms with Gasteiger partial charge in [-0.25, -0.2) is 0 Å². The third-order valence-corrected chi connectivity index (χ3v) is 4.65. The molecule has 1 saturated heterocycles. The van der Waals surface area contributed by atoms with Crippen LogP contribution >= 0.6 is 0 Å². The SMILES string of the molecule is CCCN1CCN(C(=O)C2CCC(C(=O)O)CC2)CC1. The van der Waals surface area contributed by atoms with Crippen molar-refractivity contribution in [2.75, 3.05) is 32.7 Å². The van der Waals surface area contributed by atoms with E-state index in [0.29, 0.717) is 12.8 Å². The molecule has 5 nitrogen and oxygen atoms in total. The second-order valence-electron chi connectivity index (χ2n) is 6.05. The standard InChI is InChI=1S/C15H26N2O3/c1-2-7-16-8-10-17(11-9-16)14(18)12-3-5-13(6-4-12)15(19)20/h12-13H,2-11H2,1H3,(H,19,20). The molecule has 0 bridgehead atoms. The van der Waals surface area contributed by atoms with E-state index in [1.807, 2.05) is 4.90 Å².